The number of ether oxygens (including phenoxy) is 2. The van der Waals surface area contributed by atoms with Gasteiger partial charge in [0.05, 0.1) is 12.7 Å². The van der Waals surface area contributed by atoms with Crippen molar-refractivity contribution in [2.45, 2.75) is 13.8 Å². The van der Waals surface area contributed by atoms with E-state index in [1.807, 2.05) is 0 Å². The van der Waals surface area contributed by atoms with Gasteiger partial charge in [-0.15, -0.1) is 0 Å². The van der Waals surface area contributed by atoms with Crippen molar-refractivity contribution < 1.29 is 19.1 Å². The molecule has 4 heteroatoms. The Labute approximate surface area is 99.8 Å². The number of rotatable bonds is 3. The Kier molecular flexibility index (Phi) is 4.46. The predicted molar refractivity (Wildman–Crippen MR) is 62.8 cm³/mol. The van der Waals surface area contributed by atoms with E-state index in [2.05, 4.69) is 4.74 Å². The number of carbonyl (C=O) groups excluding carboxylic acids is 2. The quantitative estimate of drug-likeness (QED) is 0.457. The molecule has 0 spiro atoms. The van der Waals surface area contributed by atoms with Gasteiger partial charge in [0.2, 0.25) is 0 Å². The number of carbonyl (C=O) groups is 2. The predicted octanol–water partition coefficient (Wildman–Crippen LogP) is 2.34. The molecule has 4 nitrogen and oxygen atoms in total. The van der Waals surface area contributed by atoms with E-state index < -0.39 is 11.9 Å². The normalized spacial score (nSPS) is 10.9. The summed E-state index contributed by atoms with van der Waals surface area (Å²) in [6, 6.07) is 6.34. The van der Waals surface area contributed by atoms with Gasteiger partial charge in [0, 0.05) is 5.57 Å². The maximum absolute atomic E-state index is 11.6. The van der Waals surface area contributed by atoms with Gasteiger partial charge in [0.25, 0.3) is 0 Å². The van der Waals surface area contributed by atoms with E-state index in [1.54, 1.807) is 44.2 Å². The Morgan fingerprint density at radius 1 is 1.18 bits per heavy atom. The number of allylic oxidation sites excluding steroid dienone is 1. The van der Waals surface area contributed by atoms with Crippen LogP contribution in [0.25, 0.3) is 0 Å². The molecule has 0 heterocycles. The molecule has 0 saturated heterocycles. The molecule has 0 bridgehead atoms. The lowest BCUT2D eigenvalue weighted by Gasteiger charge is -2.04. The summed E-state index contributed by atoms with van der Waals surface area (Å²) in [7, 11) is 1.53. The fourth-order valence-corrected chi connectivity index (χ4v) is 1.07. The Balaban J connectivity index is 2.73. The first kappa shape index (κ1) is 13.0. The van der Waals surface area contributed by atoms with E-state index in [0.717, 1.165) is 0 Å². The maximum Gasteiger partial charge on any atom is 0.346 e. The number of methoxy groups -OCH3 is 1. The van der Waals surface area contributed by atoms with E-state index in [1.165, 1.54) is 7.11 Å². The highest BCUT2D eigenvalue weighted by Crippen LogP contribution is 2.12. The molecule has 0 unspecified atom stereocenters. The minimum atomic E-state index is -0.668. The van der Waals surface area contributed by atoms with Crippen molar-refractivity contribution in [2.24, 2.45) is 0 Å². The Hall–Kier alpha value is -2.10. The van der Waals surface area contributed by atoms with Crippen molar-refractivity contribution in [3.63, 3.8) is 0 Å². The molecule has 0 N–H and O–H groups in total. The van der Waals surface area contributed by atoms with E-state index in [9.17, 15) is 9.59 Å². The molecule has 1 aromatic rings. The number of hydrogen-bond acceptors (Lipinski definition) is 4. The third-order valence-electron chi connectivity index (χ3n) is 2.27. The first-order valence-corrected chi connectivity index (χ1v) is 5.12. The smallest absolute Gasteiger partial charge is 0.346 e. The van der Waals surface area contributed by atoms with Crippen LogP contribution in [-0.2, 0) is 9.53 Å². The summed E-state index contributed by atoms with van der Waals surface area (Å²) in [5.74, 6) is -0.662. The van der Waals surface area contributed by atoms with Crippen LogP contribution in [0.5, 0.6) is 5.75 Å². The van der Waals surface area contributed by atoms with Crippen LogP contribution in [0.4, 0.5) is 0 Å². The topological polar surface area (TPSA) is 52.6 Å². The highest BCUT2D eigenvalue weighted by molar-refractivity contribution is 6.01. The van der Waals surface area contributed by atoms with Gasteiger partial charge in [-0.3, -0.25) is 0 Å². The molecule has 1 aromatic carbocycles. The van der Waals surface area contributed by atoms with Crippen LogP contribution in [0.3, 0.4) is 0 Å². The van der Waals surface area contributed by atoms with Gasteiger partial charge >= 0.3 is 11.9 Å². The SMILES string of the molecule is CC=C(C)C(=O)OC(=O)c1ccc(OC)cc1. The summed E-state index contributed by atoms with van der Waals surface area (Å²) in [5, 5.41) is 0. The highest BCUT2D eigenvalue weighted by atomic mass is 16.6. The molecule has 1 rings (SSSR count). The van der Waals surface area contributed by atoms with Crippen LogP contribution in [0, 0.1) is 0 Å². The standard InChI is InChI=1S/C13H14O4/c1-4-9(2)12(14)17-13(15)10-5-7-11(16-3)8-6-10/h4-8H,1-3H3. The minimum Gasteiger partial charge on any atom is -0.497 e. The Morgan fingerprint density at radius 3 is 2.24 bits per heavy atom. The van der Waals surface area contributed by atoms with Crippen LogP contribution < -0.4 is 4.74 Å². The maximum atomic E-state index is 11.6. The van der Waals surface area contributed by atoms with Crippen LogP contribution in [-0.4, -0.2) is 19.0 Å². The van der Waals surface area contributed by atoms with Crippen molar-refractivity contribution in [1.29, 1.82) is 0 Å². The summed E-state index contributed by atoms with van der Waals surface area (Å²) < 4.78 is 9.63. The van der Waals surface area contributed by atoms with E-state index >= 15 is 0 Å². The lowest BCUT2D eigenvalue weighted by atomic mass is 10.2. The lowest BCUT2D eigenvalue weighted by Crippen LogP contribution is -2.13. The van der Waals surface area contributed by atoms with Crippen LogP contribution in [0.2, 0.25) is 0 Å². The summed E-state index contributed by atoms with van der Waals surface area (Å²) in [4.78, 5) is 22.9. The number of hydrogen-bond donors (Lipinski definition) is 0. The molecule has 0 saturated carbocycles. The van der Waals surface area contributed by atoms with Gasteiger partial charge in [-0.1, -0.05) is 6.08 Å². The molecule has 0 fully saturated rings. The number of esters is 2. The van der Waals surface area contributed by atoms with Crippen LogP contribution >= 0.6 is 0 Å². The molecular weight excluding hydrogens is 220 g/mol. The molecule has 0 aliphatic heterocycles. The Morgan fingerprint density at radius 2 is 1.76 bits per heavy atom. The molecule has 0 radical (unpaired) electrons. The summed E-state index contributed by atoms with van der Waals surface area (Å²) >= 11 is 0. The average molecular weight is 234 g/mol. The van der Waals surface area contributed by atoms with Gasteiger partial charge in [-0.05, 0) is 38.1 Å². The number of benzene rings is 1. The first-order valence-electron chi connectivity index (χ1n) is 5.12. The second-order valence-electron chi connectivity index (χ2n) is 3.38. The molecule has 0 amide bonds. The monoisotopic (exact) mass is 234 g/mol. The third-order valence-corrected chi connectivity index (χ3v) is 2.27. The van der Waals surface area contributed by atoms with Gasteiger partial charge in [0.15, 0.2) is 0 Å². The van der Waals surface area contributed by atoms with Gasteiger partial charge in [-0.25, -0.2) is 9.59 Å². The Bertz CT molecular complexity index is 443. The lowest BCUT2D eigenvalue weighted by molar-refractivity contribution is -0.133. The fourth-order valence-electron chi connectivity index (χ4n) is 1.07. The van der Waals surface area contributed by atoms with Crippen molar-refractivity contribution in [1.82, 2.24) is 0 Å². The van der Waals surface area contributed by atoms with Crippen LogP contribution in [0.1, 0.15) is 24.2 Å². The zero-order chi connectivity index (χ0) is 12.8. The molecular formula is C13H14O4. The van der Waals surface area contributed by atoms with E-state index in [-0.39, 0.29) is 0 Å². The minimum absolute atomic E-state index is 0.308. The molecule has 17 heavy (non-hydrogen) atoms. The van der Waals surface area contributed by atoms with Crippen molar-refractivity contribution in [3.8, 4) is 5.75 Å². The largest absolute Gasteiger partial charge is 0.497 e. The van der Waals surface area contributed by atoms with Crippen LogP contribution in [0.15, 0.2) is 35.9 Å². The molecule has 90 valence electrons. The summed E-state index contributed by atoms with van der Waals surface area (Å²) in [5.41, 5.74) is 0.704. The van der Waals surface area contributed by atoms with E-state index in [4.69, 9.17) is 4.74 Å². The summed E-state index contributed by atoms with van der Waals surface area (Å²) in [6.45, 7) is 3.29. The van der Waals surface area contributed by atoms with Crippen molar-refractivity contribution in [3.05, 3.63) is 41.5 Å². The zero-order valence-electron chi connectivity index (χ0n) is 10.0. The molecule has 0 aromatic heterocycles. The molecule has 0 aliphatic carbocycles. The molecule has 0 aliphatic rings. The second-order valence-corrected chi connectivity index (χ2v) is 3.38. The van der Waals surface area contributed by atoms with Gasteiger partial charge < -0.3 is 9.47 Å². The molecule has 0 atom stereocenters. The zero-order valence-corrected chi connectivity index (χ0v) is 10.0. The average Bonchev–Trinajstić information content (AvgIpc) is 2.37. The first-order chi connectivity index (χ1) is 8.08. The van der Waals surface area contributed by atoms with E-state index in [0.29, 0.717) is 16.9 Å². The summed E-state index contributed by atoms with van der Waals surface area (Å²) in [6.07, 6.45) is 1.59. The second kappa shape index (κ2) is 5.84. The van der Waals surface area contributed by atoms with Gasteiger partial charge in [0.1, 0.15) is 5.75 Å². The third kappa shape index (κ3) is 3.45. The van der Waals surface area contributed by atoms with Crippen molar-refractivity contribution in [2.75, 3.05) is 7.11 Å². The van der Waals surface area contributed by atoms with Gasteiger partial charge in [-0.2, -0.15) is 0 Å². The fraction of sp³-hybridized carbons (Fsp3) is 0.231. The van der Waals surface area contributed by atoms with Crippen molar-refractivity contribution >= 4 is 11.9 Å². The highest BCUT2D eigenvalue weighted by Gasteiger charge is 2.13.